The molecule has 0 radical (unpaired) electrons. The van der Waals surface area contributed by atoms with Crippen molar-refractivity contribution in [1.82, 2.24) is 9.88 Å². The highest BCUT2D eigenvalue weighted by molar-refractivity contribution is 9.10. The van der Waals surface area contributed by atoms with Gasteiger partial charge in [0.2, 0.25) is 0 Å². The van der Waals surface area contributed by atoms with Gasteiger partial charge in [0.15, 0.2) is 0 Å². The van der Waals surface area contributed by atoms with Gasteiger partial charge in [0.1, 0.15) is 0 Å². The molecule has 1 N–H and O–H groups in total. The molecular weight excluding hydrogens is 454 g/mol. The topological polar surface area (TPSA) is 62.3 Å². The fourth-order valence-corrected chi connectivity index (χ4v) is 3.55. The Kier molecular flexibility index (Phi) is 5.82. The Bertz CT molecular complexity index is 1270. The lowest BCUT2D eigenvalue weighted by atomic mass is 10.0. The van der Waals surface area contributed by atoms with Crippen molar-refractivity contribution in [1.29, 1.82) is 0 Å². The number of halogens is 1. The second-order valence-electron chi connectivity index (χ2n) is 7.31. The Morgan fingerprint density at radius 1 is 0.903 bits per heavy atom. The van der Waals surface area contributed by atoms with Gasteiger partial charge in [0.05, 0.1) is 16.8 Å². The van der Waals surface area contributed by atoms with Crippen LogP contribution in [0.25, 0.3) is 22.2 Å². The highest BCUT2D eigenvalue weighted by atomic mass is 79.9. The summed E-state index contributed by atoms with van der Waals surface area (Å²) in [6.45, 7) is 0. The number of aromatic nitrogens is 1. The van der Waals surface area contributed by atoms with Crippen LogP contribution in [-0.4, -0.2) is 35.8 Å². The van der Waals surface area contributed by atoms with E-state index in [-0.39, 0.29) is 11.8 Å². The molecule has 1 heterocycles. The Balaban J connectivity index is 1.68. The number of carbonyl (C=O) groups is 2. The predicted octanol–water partition coefficient (Wildman–Crippen LogP) is 5.62. The molecule has 6 heteroatoms. The predicted molar refractivity (Wildman–Crippen MR) is 127 cm³/mol. The molecule has 0 saturated carbocycles. The molecule has 0 bridgehead atoms. The van der Waals surface area contributed by atoms with Gasteiger partial charge in [-0.25, -0.2) is 4.98 Å². The Morgan fingerprint density at radius 2 is 1.58 bits per heavy atom. The van der Waals surface area contributed by atoms with Crippen LogP contribution >= 0.6 is 15.9 Å². The van der Waals surface area contributed by atoms with Crippen molar-refractivity contribution in [2.75, 3.05) is 19.4 Å². The van der Waals surface area contributed by atoms with Crippen molar-refractivity contribution in [3.8, 4) is 11.3 Å². The second-order valence-corrected chi connectivity index (χ2v) is 8.23. The number of nitrogens with one attached hydrogen (secondary N) is 1. The number of benzene rings is 3. The zero-order chi connectivity index (χ0) is 22.0. The number of para-hydroxylation sites is 1. The molecule has 1 aromatic heterocycles. The molecule has 0 aliphatic carbocycles. The van der Waals surface area contributed by atoms with E-state index in [0.29, 0.717) is 16.8 Å². The van der Waals surface area contributed by atoms with Gasteiger partial charge in [0, 0.05) is 40.8 Å². The van der Waals surface area contributed by atoms with Crippen molar-refractivity contribution in [2.45, 2.75) is 0 Å². The molecule has 3 aromatic carbocycles. The molecule has 0 unspecified atom stereocenters. The minimum absolute atomic E-state index is 0.0860. The van der Waals surface area contributed by atoms with Crippen LogP contribution in [0, 0.1) is 0 Å². The van der Waals surface area contributed by atoms with Gasteiger partial charge in [0.25, 0.3) is 11.8 Å². The minimum Gasteiger partial charge on any atom is -0.345 e. The van der Waals surface area contributed by atoms with Gasteiger partial charge in [-0.2, -0.15) is 0 Å². The van der Waals surface area contributed by atoms with Crippen LogP contribution in [0.3, 0.4) is 0 Å². The monoisotopic (exact) mass is 473 g/mol. The summed E-state index contributed by atoms with van der Waals surface area (Å²) >= 11 is 3.45. The summed E-state index contributed by atoms with van der Waals surface area (Å²) in [5.41, 5.74) is 4.12. The Hall–Kier alpha value is -3.51. The van der Waals surface area contributed by atoms with Gasteiger partial charge in [-0.15, -0.1) is 0 Å². The highest BCUT2D eigenvalue weighted by Gasteiger charge is 2.15. The van der Waals surface area contributed by atoms with Gasteiger partial charge in [-0.1, -0.05) is 46.3 Å². The normalized spacial score (nSPS) is 10.7. The van der Waals surface area contributed by atoms with E-state index >= 15 is 0 Å². The van der Waals surface area contributed by atoms with E-state index in [1.165, 1.54) is 4.90 Å². The molecule has 0 fully saturated rings. The summed E-state index contributed by atoms with van der Waals surface area (Å²) in [5, 5.41) is 3.71. The van der Waals surface area contributed by atoms with E-state index in [1.807, 2.05) is 54.6 Å². The fraction of sp³-hybridized carbons (Fsp3) is 0.0800. The zero-order valence-electron chi connectivity index (χ0n) is 17.1. The zero-order valence-corrected chi connectivity index (χ0v) is 18.7. The van der Waals surface area contributed by atoms with Gasteiger partial charge < -0.3 is 10.2 Å². The average Bonchev–Trinajstić information content (AvgIpc) is 2.78. The first kappa shape index (κ1) is 20.8. The SMILES string of the molecule is CN(C)C(=O)c1ccc(NC(=O)c2cc(-c3ccc(Br)cc3)nc3ccccc23)cc1. The number of hydrogen-bond acceptors (Lipinski definition) is 3. The first-order valence-corrected chi connectivity index (χ1v) is 10.5. The maximum Gasteiger partial charge on any atom is 0.256 e. The molecule has 0 spiro atoms. The summed E-state index contributed by atoms with van der Waals surface area (Å²) in [7, 11) is 3.41. The molecule has 2 amide bonds. The third kappa shape index (κ3) is 4.49. The number of amides is 2. The quantitative estimate of drug-likeness (QED) is 0.418. The van der Waals surface area contributed by atoms with E-state index in [4.69, 9.17) is 4.98 Å². The molecule has 4 rings (SSSR count). The molecule has 0 saturated heterocycles. The first-order valence-electron chi connectivity index (χ1n) is 9.71. The molecule has 154 valence electrons. The molecule has 5 nitrogen and oxygen atoms in total. The van der Waals surface area contributed by atoms with Crippen molar-refractivity contribution < 1.29 is 9.59 Å². The summed E-state index contributed by atoms with van der Waals surface area (Å²) in [6.07, 6.45) is 0. The van der Waals surface area contributed by atoms with Gasteiger partial charge >= 0.3 is 0 Å². The van der Waals surface area contributed by atoms with Crippen molar-refractivity contribution >= 4 is 44.3 Å². The number of fused-ring (bicyclic) bond motifs is 1. The summed E-state index contributed by atoms with van der Waals surface area (Å²) < 4.78 is 0.978. The lowest BCUT2D eigenvalue weighted by molar-refractivity contribution is 0.0827. The molecule has 0 aliphatic rings. The highest BCUT2D eigenvalue weighted by Crippen LogP contribution is 2.26. The number of hydrogen-bond donors (Lipinski definition) is 1. The van der Waals surface area contributed by atoms with Crippen molar-refractivity contribution in [2.24, 2.45) is 0 Å². The van der Waals surface area contributed by atoms with E-state index in [9.17, 15) is 9.59 Å². The average molecular weight is 474 g/mol. The van der Waals surface area contributed by atoms with Crippen LogP contribution in [0.1, 0.15) is 20.7 Å². The van der Waals surface area contributed by atoms with Crippen molar-refractivity contribution in [3.05, 3.63) is 94.5 Å². The van der Waals surface area contributed by atoms with Crippen LogP contribution in [-0.2, 0) is 0 Å². The van der Waals surface area contributed by atoms with Crippen LogP contribution < -0.4 is 5.32 Å². The molecule has 0 aliphatic heterocycles. The fourth-order valence-electron chi connectivity index (χ4n) is 3.28. The molecule has 31 heavy (non-hydrogen) atoms. The summed E-state index contributed by atoms with van der Waals surface area (Å²) in [6, 6.07) is 24.1. The third-order valence-corrected chi connectivity index (χ3v) is 5.43. The molecular formula is C25H20BrN3O2. The van der Waals surface area contributed by atoms with Crippen LogP contribution in [0.4, 0.5) is 5.69 Å². The molecule has 0 atom stereocenters. The van der Waals surface area contributed by atoms with E-state index in [0.717, 1.165) is 26.6 Å². The third-order valence-electron chi connectivity index (χ3n) is 4.90. The van der Waals surface area contributed by atoms with Crippen LogP contribution in [0.5, 0.6) is 0 Å². The maximum absolute atomic E-state index is 13.2. The van der Waals surface area contributed by atoms with E-state index < -0.39 is 0 Å². The van der Waals surface area contributed by atoms with Gasteiger partial charge in [-0.3, -0.25) is 9.59 Å². The second kappa shape index (κ2) is 8.70. The van der Waals surface area contributed by atoms with E-state index in [1.54, 1.807) is 38.4 Å². The number of rotatable bonds is 4. The van der Waals surface area contributed by atoms with Crippen LogP contribution in [0.2, 0.25) is 0 Å². The van der Waals surface area contributed by atoms with E-state index in [2.05, 4.69) is 21.2 Å². The van der Waals surface area contributed by atoms with Crippen molar-refractivity contribution in [3.63, 3.8) is 0 Å². The number of nitrogens with zero attached hydrogens (tertiary/aromatic N) is 2. The standard InChI is InChI=1S/C25H20BrN3O2/c1-29(2)25(31)17-9-13-19(14-10-17)27-24(30)21-15-23(16-7-11-18(26)12-8-16)28-22-6-4-3-5-20(21)22/h3-15H,1-2H3,(H,27,30). The van der Waals surface area contributed by atoms with Crippen LogP contribution in [0.15, 0.2) is 83.3 Å². The largest absolute Gasteiger partial charge is 0.345 e. The lowest BCUT2D eigenvalue weighted by Gasteiger charge is -2.12. The Labute approximate surface area is 188 Å². The summed E-state index contributed by atoms with van der Waals surface area (Å²) in [4.78, 5) is 31.5. The number of carbonyl (C=O) groups excluding carboxylic acids is 2. The number of anilines is 1. The molecule has 4 aromatic rings. The smallest absolute Gasteiger partial charge is 0.256 e. The minimum atomic E-state index is -0.233. The Morgan fingerprint density at radius 3 is 2.26 bits per heavy atom. The summed E-state index contributed by atoms with van der Waals surface area (Å²) in [5.74, 6) is -0.319. The first-order chi connectivity index (χ1) is 14.9. The number of pyridine rings is 1. The van der Waals surface area contributed by atoms with Gasteiger partial charge in [-0.05, 0) is 48.5 Å². The maximum atomic E-state index is 13.2. The lowest BCUT2D eigenvalue weighted by Crippen LogP contribution is -2.21.